The number of hydrogen-bond acceptors (Lipinski definition) is 3. The average Bonchev–Trinajstić information content (AvgIpc) is 3.13. The molecule has 1 atom stereocenters. The lowest BCUT2D eigenvalue weighted by atomic mass is 10.1. The Balaban J connectivity index is 1.85. The fourth-order valence-electron chi connectivity index (χ4n) is 2.83. The molecule has 0 aromatic heterocycles. The Hall–Kier alpha value is -1.05. The van der Waals surface area contributed by atoms with E-state index in [4.69, 9.17) is 0 Å². The Kier molecular flexibility index (Phi) is 3.76. The summed E-state index contributed by atoms with van der Waals surface area (Å²) in [5, 5.41) is 12.9. The molecule has 2 aliphatic rings. The fourth-order valence-corrected chi connectivity index (χ4v) is 3.19. The first-order valence-electron chi connectivity index (χ1n) is 6.97. The highest BCUT2D eigenvalue weighted by Crippen LogP contribution is 2.35. The molecule has 3 nitrogen and oxygen atoms in total. The van der Waals surface area contributed by atoms with Crippen molar-refractivity contribution >= 4 is 21.6 Å². The standard InChI is InChI=1S/C15H18BrN3/c16-12-3-6-15(11(8-12)9-17)19(14-4-5-14)10-13-2-1-7-18-13/h3,6,8,13-14,18H,1-2,4-5,7,10H2. The van der Waals surface area contributed by atoms with Crippen LogP contribution in [0, 0.1) is 11.3 Å². The van der Waals surface area contributed by atoms with Gasteiger partial charge in [-0.25, -0.2) is 0 Å². The third-order valence-corrected chi connectivity index (χ3v) is 4.45. The Bertz CT molecular complexity index is 499. The van der Waals surface area contributed by atoms with Crippen molar-refractivity contribution in [1.82, 2.24) is 5.32 Å². The quantitative estimate of drug-likeness (QED) is 0.927. The van der Waals surface area contributed by atoms with Gasteiger partial charge in [0, 0.05) is 23.1 Å². The van der Waals surface area contributed by atoms with Gasteiger partial charge in [0.25, 0.3) is 0 Å². The van der Waals surface area contributed by atoms with Crippen LogP contribution >= 0.6 is 15.9 Å². The van der Waals surface area contributed by atoms with E-state index in [-0.39, 0.29) is 0 Å². The Morgan fingerprint density at radius 1 is 1.37 bits per heavy atom. The lowest BCUT2D eigenvalue weighted by Crippen LogP contribution is -2.39. The van der Waals surface area contributed by atoms with Gasteiger partial charge in [0.2, 0.25) is 0 Å². The molecule has 1 unspecified atom stereocenters. The van der Waals surface area contributed by atoms with Crippen LogP contribution in [0.2, 0.25) is 0 Å². The number of anilines is 1. The first-order valence-corrected chi connectivity index (χ1v) is 7.77. The van der Waals surface area contributed by atoms with Crippen molar-refractivity contribution in [2.75, 3.05) is 18.0 Å². The fraction of sp³-hybridized carbons (Fsp3) is 0.533. The highest BCUT2D eigenvalue weighted by atomic mass is 79.9. The van der Waals surface area contributed by atoms with Gasteiger partial charge < -0.3 is 10.2 Å². The molecule has 100 valence electrons. The molecular weight excluding hydrogens is 302 g/mol. The van der Waals surface area contributed by atoms with Crippen molar-refractivity contribution in [1.29, 1.82) is 5.26 Å². The highest BCUT2D eigenvalue weighted by molar-refractivity contribution is 9.10. The Morgan fingerprint density at radius 2 is 2.21 bits per heavy atom. The third kappa shape index (κ3) is 2.93. The third-order valence-electron chi connectivity index (χ3n) is 3.96. The van der Waals surface area contributed by atoms with Gasteiger partial charge in [0.15, 0.2) is 0 Å². The summed E-state index contributed by atoms with van der Waals surface area (Å²) in [6, 6.07) is 9.58. The molecule has 0 radical (unpaired) electrons. The van der Waals surface area contributed by atoms with E-state index in [9.17, 15) is 5.26 Å². The van der Waals surface area contributed by atoms with Crippen LogP contribution in [0.4, 0.5) is 5.69 Å². The number of nitrogens with one attached hydrogen (secondary N) is 1. The zero-order chi connectivity index (χ0) is 13.2. The second-order valence-electron chi connectivity index (χ2n) is 5.45. The molecule has 19 heavy (non-hydrogen) atoms. The summed E-state index contributed by atoms with van der Waals surface area (Å²) in [5.41, 5.74) is 1.88. The maximum atomic E-state index is 9.34. The molecule has 0 amide bonds. The van der Waals surface area contributed by atoms with E-state index in [2.05, 4.69) is 38.3 Å². The van der Waals surface area contributed by atoms with Crippen molar-refractivity contribution in [3.8, 4) is 6.07 Å². The second kappa shape index (κ2) is 5.52. The molecule has 2 fully saturated rings. The van der Waals surface area contributed by atoms with Gasteiger partial charge in [-0.2, -0.15) is 5.26 Å². The minimum Gasteiger partial charge on any atom is -0.366 e. The first-order chi connectivity index (χ1) is 9.28. The van der Waals surface area contributed by atoms with Crippen LogP contribution in [0.15, 0.2) is 22.7 Å². The molecule has 1 saturated carbocycles. The molecule has 1 aliphatic carbocycles. The molecule has 3 rings (SSSR count). The second-order valence-corrected chi connectivity index (χ2v) is 6.37. The molecule has 1 N–H and O–H groups in total. The molecular formula is C15H18BrN3. The predicted octanol–water partition coefficient (Wildman–Crippen LogP) is 3.04. The number of hydrogen-bond donors (Lipinski definition) is 1. The minimum atomic E-state index is 0.579. The monoisotopic (exact) mass is 319 g/mol. The summed E-state index contributed by atoms with van der Waals surface area (Å²) in [6.45, 7) is 2.16. The van der Waals surface area contributed by atoms with Gasteiger partial charge in [-0.3, -0.25) is 0 Å². The molecule has 1 aromatic rings. The summed E-state index contributed by atoms with van der Waals surface area (Å²) in [7, 11) is 0. The first kappa shape index (κ1) is 13.0. The van der Waals surface area contributed by atoms with E-state index in [0.29, 0.717) is 12.1 Å². The molecule has 1 heterocycles. The molecule has 1 saturated heterocycles. The number of nitriles is 1. The van der Waals surface area contributed by atoms with Gasteiger partial charge in [0.1, 0.15) is 6.07 Å². The van der Waals surface area contributed by atoms with Crippen LogP contribution in [0.5, 0.6) is 0 Å². The van der Waals surface area contributed by atoms with Crippen LogP contribution in [-0.2, 0) is 0 Å². The zero-order valence-electron chi connectivity index (χ0n) is 10.9. The van der Waals surface area contributed by atoms with Gasteiger partial charge in [-0.15, -0.1) is 0 Å². The molecule has 0 spiro atoms. The predicted molar refractivity (Wildman–Crippen MR) is 80.2 cm³/mol. The SMILES string of the molecule is N#Cc1cc(Br)ccc1N(CC1CCCN1)C1CC1. The Labute approximate surface area is 122 Å². The number of nitrogens with zero attached hydrogens (tertiary/aromatic N) is 2. The van der Waals surface area contributed by atoms with E-state index in [1.165, 1.54) is 25.7 Å². The van der Waals surface area contributed by atoms with E-state index in [0.717, 1.165) is 28.8 Å². The lowest BCUT2D eigenvalue weighted by Gasteiger charge is -2.28. The largest absolute Gasteiger partial charge is 0.366 e. The van der Waals surface area contributed by atoms with Gasteiger partial charge >= 0.3 is 0 Å². The summed E-state index contributed by atoms with van der Waals surface area (Å²) in [5.74, 6) is 0. The Morgan fingerprint density at radius 3 is 2.84 bits per heavy atom. The van der Waals surface area contributed by atoms with Gasteiger partial charge in [-0.05, 0) is 50.4 Å². The van der Waals surface area contributed by atoms with Crippen LogP contribution < -0.4 is 10.2 Å². The zero-order valence-corrected chi connectivity index (χ0v) is 12.5. The van der Waals surface area contributed by atoms with Crippen molar-refractivity contribution in [2.24, 2.45) is 0 Å². The number of rotatable bonds is 4. The van der Waals surface area contributed by atoms with Crippen LogP contribution in [0.25, 0.3) is 0 Å². The van der Waals surface area contributed by atoms with E-state index < -0.39 is 0 Å². The van der Waals surface area contributed by atoms with E-state index in [1.807, 2.05) is 12.1 Å². The van der Waals surface area contributed by atoms with Gasteiger partial charge in [-0.1, -0.05) is 15.9 Å². The summed E-state index contributed by atoms with van der Waals surface area (Å²) >= 11 is 3.45. The maximum absolute atomic E-state index is 9.34. The van der Waals surface area contributed by atoms with Crippen molar-refractivity contribution < 1.29 is 0 Å². The topological polar surface area (TPSA) is 39.1 Å². The maximum Gasteiger partial charge on any atom is 0.101 e. The molecule has 1 aliphatic heterocycles. The van der Waals surface area contributed by atoms with Crippen LogP contribution in [-0.4, -0.2) is 25.2 Å². The van der Waals surface area contributed by atoms with Crippen molar-refractivity contribution in [3.05, 3.63) is 28.2 Å². The molecule has 0 bridgehead atoms. The van der Waals surface area contributed by atoms with Crippen LogP contribution in [0.1, 0.15) is 31.2 Å². The number of benzene rings is 1. The smallest absolute Gasteiger partial charge is 0.101 e. The average molecular weight is 320 g/mol. The lowest BCUT2D eigenvalue weighted by molar-refractivity contribution is 0.578. The van der Waals surface area contributed by atoms with Crippen molar-refractivity contribution in [3.63, 3.8) is 0 Å². The normalized spacial score (nSPS) is 22.2. The van der Waals surface area contributed by atoms with E-state index in [1.54, 1.807) is 0 Å². The minimum absolute atomic E-state index is 0.579. The van der Waals surface area contributed by atoms with Crippen molar-refractivity contribution in [2.45, 2.75) is 37.8 Å². The number of halogens is 1. The summed E-state index contributed by atoms with van der Waals surface area (Å²) < 4.78 is 0.975. The van der Waals surface area contributed by atoms with E-state index >= 15 is 0 Å². The van der Waals surface area contributed by atoms with Crippen LogP contribution in [0.3, 0.4) is 0 Å². The summed E-state index contributed by atoms with van der Waals surface area (Å²) in [6.07, 6.45) is 5.04. The molecule has 1 aromatic carbocycles. The summed E-state index contributed by atoms with van der Waals surface area (Å²) in [4.78, 5) is 2.44. The van der Waals surface area contributed by atoms with Gasteiger partial charge in [0.05, 0.1) is 11.3 Å². The molecule has 4 heteroatoms. The highest BCUT2D eigenvalue weighted by Gasteiger charge is 2.32.